The summed E-state index contributed by atoms with van der Waals surface area (Å²) >= 11 is 1.33. The van der Waals surface area contributed by atoms with Gasteiger partial charge in [0, 0.05) is 13.7 Å². The summed E-state index contributed by atoms with van der Waals surface area (Å²) in [5.74, 6) is 1.54. The molecule has 1 aromatic heterocycles. The third kappa shape index (κ3) is 4.40. The normalized spacial score (nSPS) is 12.8. The number of nitrogens with two attached hydrogens (primary N) is 1. The topological polar surface area (TPSA) is 69.4 Å². The van der Waals surface area contributed by atoms with Crippen LogP contribution in [0.1, 0.15) is 20.8 Å². The molecule has 1 atom stereocenters. The first-order valence-electron chi connectivity index (χ1n) is 5.69. The zero-order valence-corrected chi connectivity index (χ0v) is 11.6. The second kappa shape index (κ2) is 6.66. The number of ether oxygens (including phenoxy) is 2. The lowest BCUT2D eigenvalue weighted by Gasteiger charge is -2.14. The Bertz CT molecular complexity index is 341. The van der Waals surface area contributed by atoms with Crippen LogP contribution in [0.5, 0.6) is 5.75 Å². The summed E-state index contributed by atoms with van der Waals surface area (Å²) < 4.78 is 14.8. The first kappa shape index (κ1) is 14.1. The number of nitrogen functional groups attached to an aromatic ring is 1. The Hall–Kier alpha value is -1.01. The average Bonchev–Trinajstić information content (AvgIpc) is 2.58. The first-order chi connectivity index (χ1) is 8.04. The SMILES string of the molecule is COCC(C)CNc1snc(N)c1OC(C)C. The van der Waals surface area contributed by atoms with Crippen LogP contribution >= 0.6 is 11.5 Å². The van der Waals surface area contributed by atoms with Crippen LogP contribution in [0.3, 0.4) is 0 Å². The van der Waals surface area contributed by atoms with Gasteiger partial charge in [0.15, 0.2) is 16.6 Å². The summed E-state index contributed by atoms with van der Waals surface area (Å²) in [4.78, 5) is 0. The summed E-state index contributed by atoms with van der Waals surface area (Å²) in [5, 5.41) is 4.18. The van der Waals surface area contributed by atoms with Crippen LogP contribution in [0.15, 0.2) is 0 Å². The standard InChI is InChI=1S/C11H21N3O2S/c1-7(2)16-9-10(12)14-17-11(9)13-5-8(3)6-15-4/h7-8,13H,5-6H2,1-4H3,(H2,12,14). The summed E-state index contributed by atoms with van der Waals surface area (Å²) in [6, 6.07) is 0. The van der Waals surface area contributed by atoms with Crippen LogP contribution in [0.25, 0.3) is 0 Å². The van der Waals surface area contributed by atoms with Gasteiger partial charge in [-0.05, 0) is 31.3 Å². The largest absolute Gasteiger partial charge is 0.484 e. The van der Waals surface area contributed by atoms with Gasteiger partial charge >= 0.3 is 0 Å². The molecule has 0 saturated heterocycles. The third-order valence-corrected chi connectivity index (χ3v) is 2.89. The minimum absolute atomic E-state index is 0.0886. The van der Waals surface area contributed by atoms with Gasteiger partial charge in [-0.2, -0.15) is 4.37 Å². The van der Waals surface area contributed by atoms with Gasteiger partial charge < -0.3 is 20.5 Å². The molecule has 0 fully saturated rings. The first-order valence-corrected chi connectivity index (χ1v) is 6.46. The van der Waals surface area contributed by atoms with Crippen molar-refractivity contribution in [2.75, 3.05) is 31.3 Å². The zero-order valence-electron chi connectivity index (χ0n) is 10.8. The van der Waals surface area contributed by atoms with E-state index in [-0.39, 0.29) is 6.10 Å². The van der Waals surface area contributed by atoms with Gasteiger partial charge in [0.05, 0.1) is 12.7 Å². The van der Waals surface area contributed by atoms with E-state index in [0.717, 1.165) is 18.2 Å². The smallest absolute Gasteiger partial charge is 0.197 e. The second-order valence-electron chi connectivity index (χ2n) is 4.33. The monoisotopic (exact) mass is 259 g/mol. The molecule has 1 aromatic rings. The Morgan fingerprint density at radius 1 is 1.41 bits per heavy atom. The number of nitrogens with one attached hydrogen (secondary N) is 1. The zero-order chi connectivity index (χ0) is 12.8. The minimum atomic E-state index is 0.0886. The molecule has 0 aliphatic heterocycles. The molecule has 0 aromatic carbocycles. The van der Waals surface area contributed by atoms with E-state index in [0.29, 0.717) is 17.5 Å². The fraction of sp³-hybridized carbons (Fsp3) is 0.727. The van der Waals surface area contributed by atoms with E-state index in [1.165, 1.54) is 11.5 Å². The molecule has 6 heteroatoms. The van der Waals surface area contributed by atoms with E-state index in [1.807, 2.05) is 13.8 Å². The average molecular weight is 259 g/mol. The van der Waals surface area contributed by atoms with E-state index in [1.54, 1.807) is 7.11 Å². The van der Waals surface area contributed by atoms with Crippen molar-refractivity contribution in [3.05, 3.63) is 0 Å². The van der Waals surface area contributed by atoms with Gasteiger partial charge in [0.2, 0.25) is 0 Å². The molecule has 1 heterocycles. The van der Waals surface area contributed by atoms with Gasteiger partial charge in [-0.1, -0.05) is 6.92 Å². The lowest BCUT2D eigenvalue weighted by Crippen LogP contribution is -2.16. The van der Waals surface area contributed by atoms with Gasteiger partial charge in [0.25, 0.3) is 0 Å². The van der Waals surface area contributed by atoms with Crippen LogP contribution in [-0.4, -0.2) is 30.7 Å². The maximum atomic E-state index is 5.76. The molecule has 17 heavy (non-hydrogen) atoms. The van der Waals surface area contributed by atoms with E-state index >= 15 is 0 Å². The number of nitrogens with zero attached hydrogens (tertiary/aromatic N) is 1. The summed E-state index contributed by atoms with van der Waals surface area (Å²) in [5.41, 5.74) is 5.76. The lowest BCUT2D eigenvalue weighted by atomic mass is 10.2. The highest BCUT2D eigenvalue weighted by Gasteiger charge is 2.14. The Morgan fingerprint density at radius 3 is 2.71 bits per heavy atom. The summed E-state index contributed by atoms with van der Waals surface area (Å²) in [6.07, 6.45) is 0.0886. The number of methoxy groups -OCH3 is 1. The van der Waals surface area contributed by atoms with Crippen molar-refractivity contribution in [2.24, 2.45) is 5.92 Å². The molecule has 0 bridgehead atoms. The molecule has 5 nitrogen and oxygen atoms in total. The Morgan fingerprint density at radius 2 is 2.12 bits per heavy atom. The highest BCUT2D eigenvalue weighted by Crippen LogP contribution is 2.35. The molecule has 98 valence electrons. The predicted octanol–water partition coefficient (Wildman–Crippen LogP) is 2.21. The maximum Gasteiger partial charge on any atom is 0.197 e. The van der Waals surface area contributed by atoms with Gasteiger partial charge in [-0.25, -0.2) is 0 Å². The minimum Gasteiger partial charge on any atom is -0.484 e. The number of anilines is 2. The molecule has 0 spiro atoms. The van der Waals surface area contributed by atoms with Crippen LogP contribution in [0.2, 0.25) is 0 Å². The molecule has 0 aliphatic carbocycles. The van der Waals surface area contributed by atoms with Crippen molar-refractivity contribution in [1.82, 2.24) is 4.37 Å². The molecular formula is C11H21N3O2S. The molecule has 1 unspecified atom stereocenters. The number of hydrogen-bond acceptors (Lipinski definition) is 6. The van der Waals surface area contributed by atoms with Crippen molar-refractivity contribution in [2.45, 2.75) is 26.9 Å². The van der Waals surface area contributed by atoms with E-state index in [9.17, 15) is 0 Å². The van der Waals surface area contributed by atoms with Crippen molar-refractivity contribution < 1.29 is 9.47 Å². The Balaban J connectivity index is 2.58. The number of aromatic nitrogens is 1. The third-order valence-electron chi connectivity index (χ3n) is 2.09. The van der Waals surface area contributed by atoms with Crippen LogP contribution < -0.4 is 15.8 Å². The Kier molecular flexibility index (Phi) is 5.50. The number of hydrogen-bond donors (Lipinski definition) is 2. The maximum absolute atomic E-state index is 5.76. The van der Waals surface area contributed by atoms with E-state index in [4.69, 9.17) is 15.2 Å². The molecular weight excluding hydrogens is 238 g/mol. The van der Waals surface area contributed by atoms with Crippen LogP contribution in [0, 0.1) is 5.92 Å². The number of rotatable bonds is 7. The highest BCUT2D eigenvalue weighted by atomic mass is 32.1. The van der Waals surface area contributed by atoms with Crippen molar-refractivity contribution in [3.63, 3.8) is 0 Å². The highest BCUT2D eigenvalue weighted by molar-refractivity contribution is 7.11. The van der Waals surface area contributed by atoms with Gasteiger partial charge in [-0.15, -0.1) is 0 Å². The van der Waals surface area contributed by atoms with E-state index in [2.05, 4.69) is 16.6 Å². The molecule has 3 N–H and O–H groups in total. The fourth-order valence-electron chi connectivity index (χ4n) is 1.37. The fourth-order valence-corrected chi connectivity index (χ4v) is 2.02. The van der Waals surface area contributed by atoms with Crippen molar-refractivity contribution in [1.29, 1.82) is 0 Å². The second-order valence-corrected chi connectivity index (χ2v) is 5.11. The van der Waals surface area contributed by atoms with Crippen LogP contribution in [-0.2, 0) is 4.74 Å². The van der Waals surface area contributed by atoms with Gasteiger partial charge in [-0.3, -0.25) is 0 Å². The summed E-state index contributed by atoms with van der Waals surface area (Å²) in [6.45, 7) is 7.58. The Labute approximate surface area is 106 Å². The lowest BCUT2D eigenvalue weighted by molar-refractivity contribution is 0.164. The quantitative estimate of drug-likeness (QED) is 0.785. The van der Waals surface area contributed by atoms with Crippen LogP contribution in [0.4, 0.5) is 10.8 Å². The van der Waals surface area contributed by atoms with Crippen molar-refractivity contribution in [3.8, 4) is 5.75 Å². The summed E-state index contributed by atoms with van der Waals surface area (Å²) in [7, 11) is 1.70. The molecule has 0 amide bonds. The molecule has 0 radical (unpaired) electrons. The van der Waals surface area contributed by atoms with Gasteiger partial charge in [0.1, 0.15) is 0 Å². The molecule has 0 aliphatic rings. The molecule has 1 rings (SSSR count). The van der Waals surface area contributed by atoms with E-state index < -0.39 is 0 Å². The molecule has 0 saturated carbocycles. The van der Waals surface area contributed by atoms with Crippen molar-refractivity contribution >= 4 is 22.4 Å². The predicted molar refractivity (Wildman–Crippen MR) is 71.8 cm³/mol.